The van der Waals surface area contributed by atoms with Gasteiger partial charge in [-0.3, -0.25) is 0 Å². The normalized spacial score (nSPS) is 13.8. The second-order valence-electron chi connectivity index (χ2n) is 3.75. The van der Waals surface area contributed by atoms with Gasteiger partial charge < -0.3 is 9.84 Å². The number of aliphatic hydroxyl groups is 1. The van der Waals surface area contributed by atoms with E-state index < -0.39 is 12.1 Å². The number of nitrogens with zero attached hydrogens (tertiary/aromatic N) is 3. The summed E-state index contributed by atoms with van der Waals surface area (Å²) in [5, 5.41) is 13.2. The van der Waals surface area contributed by atoms with Gasteiger partial charge in [-0.25, -0.2) is 0 Å². The van der Waals surface area contributed by atoms with Crippen LogP contribution in [0.4, 0.5) is 0 Å². The fourth-order valence-electron chi connectivity index (χ4n) is 1.48. The molecule has 1 aromatic carbocycles. The Balaban J connectivity index is 2.33. The van der Waals surface area contributed by atoms with Gasteiger partial charge in [0.05, 0.1) is 25.4 Å². The Bertz CT molecular complexity index is 363. The van der Waals surface area contributed by atoms with Crippen molar-refractivity contribution in [2.45, 2.75) is 32.1 Å². The third-order valence-electron chi connectivity index (χ3n) is 2.46. The molecule has 2 atom stereocenters. The Morgan fingerprint density at radius 2 is 2.12 bits per heavy atom. The van der Waals surface area contributed by atoms with E-state index in [-0.39, 0.29) is 6.61 Å². The lowest BCUT2D eigenvalue weighted by molar-refractivity contribution is 0.0155. The monoisotopic (exact) mass is 235 g/mol. The summed E-state index contributed by atoms with van der Waals surface area (Å²) in [6, 6.07) is 9.30. The van der Waals surface area contributed by atoms with E-state index in [1.807, 2.05) is 37.3 Å². The van der Waals surface area contributed by atoms with Crippen LogP contribution in [0.5, 0.6) is 0 Å². The van der Waals surface area contributed by atoms with Crippen LogP contribution in [0.1, 0.15) is 18.9 Å². The minimum absolute atomic E-state index is 0.173. The van der Waals surface area contributed by atoms with Crippen LogP contribution in [-0.4, -0.2) is 23.9 Å². The first kappa shape index (κ1) is 13.5. The molecule has 5 heteroatoms. The fraction of sp³-hybridized carbons (Fsp3) is 0.500. The summed E-state index contributed by atoms with van der Waals surface area (Å²) in [5.41, 5.74) is 9.38. The molecule has 1 aromatic rings. The van der Waals surface area contributed by atoms with E-state index in [1.165, 1.54) is 0 Å². The first-order valence-corrected chi connectivity index (χ1v) is 5.61. The third-order valence-corrected chi connectivity index (χ3v) is 2.46. The van der Waals surface area contributed by atoms with Gasteiger partial charge in [0.25, 0.3) is 0 Å². The maximum absolute atomic E-state index is 9.73. The molecule has 17 heavy (non-hydrogen) atoms. The second-order valence-corrected chi connectivity index (χ2v) is 3.75. The Hall–Kier alpha value is -1.55. The molecule has 0 fully saturated rings. The Kier molecular flexibility index (Phi) is 6.10. The third kappa shape index (κ3) is 4.87. The van der Waals surface area contributed by atoms with Gasteiger partial charge in [-0.15, -0.1) is 0 Å². The van der Waals surface area contributed by atoms with Crippen LogP contribution in [0.2, 0.25) is 0 Å². The summed E-state index contributed by atoms with van der Waals surface area (Å²) in [5.74, 6) is 0. The van der Waals surface area contributed by atoms with E-state index >= 15 is 0 Å². The van der Waals surface area contributed by atoms with Crippen LogP contribution in [-0.2, 0) is 11.3 Å². The van der Waals surface area contributed by atoms with Crippen LogP contribution in [0.3, 0.4) is 0 Å². The van der Waals surface area contributed by atoms with Gasteiger partial charge in [0.1, 0.15) is 0 Å². The summed E-state index contributed by atoms with van der Waals surface area (Å²) in [7, 11) is 0. The number of ether oxygens (including phenoxy) is 1. The van der Waals surface area contributed by atoms with Gasteiger partial charge in [0.15, 0.2) is 0 Å². The van der Waals surface area contributed by atoms with Crippen molar-refractivity contribution in [2.75, 3.05) is 6.61 Å². The Morgan fingerprint density at radius 1 is 1.41 bits per heavy atom. The fourth-order valence-corrected chi connectivity index (χ4v) is 1.48. The lowest BCUT2D eigenvalue weighted by atomic mass is 10.1. The summed E-state index contributed by atoms with van der Waals surface area (Å²) < 4.78 is 5.38. The molecule has 0 aromatic heterocycles. The molecule has 5 nitrogen and oxygen atoms in total. The highest BCUT2D eigenvalue weighted by molar-refractivity contribution is 5.13. The van der Waals surface area contributed by atoms with E-state index in [9.17, 15) is 5.11 Å². The molecular formula is C12H17N3O2. The van der Waals surface area contributed by atoms with Crippen molar-refractivity contribution in [2.24, 2.45) is 5.11 Å². The van der Waals surface area contributed by atoms with Crippen LogP contribution >= 0.6 is 0 Å². The predicted molar refractivity (Wildman–Crippen MR) is 65.3 cm³/mol. The van der Waals surface area contributed by atoms with Crippen molar-refractivity contribution in [3.8, 4) is 0 Å². The molecule has 0 saturated heterocycles. The van der Waals surface area contributed by atoms with E-state index in [4.69, 9.17) is 10.3 Å². The maximum Gasteiger partial charge on any atom is 0.0858 e. The van der Waals surface area contributed by atoms with Gasteiger partial charge in [-0.05, 0) is 17.5 Å². The Labute approximate surface area is 101 Å². The lowest BCUT2D eigenvalue weighted by Gasteiger charge is -2.16. The highest BCUT2D eigenvalue weighted by Crippen LogP contribution is 2.07. The zero-order valence-electron chi connectivity index (χ0n) is 9.86. The number of rotatable bonds is 7. The quantitative estimate of drug-likeness (QED) is 0.448. The van der Waals surface area contributed by atoms with E-state index in [0.29, 0.717) is 13.0 Å². The van der Waals surface area contributed by atoms with Crippen LogP contribution in [0.25, 0.3) is 10.4 Å². The van der Waals surface area contributed by atoms with E-state index in [1.54, 1.807) is 0 Å². The average molecular weight is 235 g/mol. The van der Waals surface area contributed by atoms with E-state index in [0.717, 1.165) is 5.56 Å². The number of hydrogen-bond acceptors (Lipinski definition) is 3. The number of hydrogen-bond donors (Lipinski definition) is 1. The van der Waals surface area contributed by atoms with Gasteiger partial charge in [-0.1, -0.05) is 42.4 Å². The minimum atomic E-state index is -0.750. The second kappa shape index (κ2) is 7.68. The molecule has 0 spiro atoms. The van der Waals surface area contributed by atoms with Crippen molar-refractivity contribution < 1.29 is 9.84 Å². The largest absolute Gasteiger partial charge is 0.390 e. The maximum atomic E-state index is 9.73. The number of azide groups is 1. The molecule has 0 saturated carbocycles. The molecule has 0 aliphatic heterocycles. The first-order chi connectivity index (χ1) is 8.27. The smallest absolute Gasteiger partial charge is 0.0858 e. The molecule has 0 aliphatic rings. The molecule has 0 unspecified atom stereocenters. The molecule has 0 amide bonds. The van der Waals surface area contributed by atoms with Crippen molar-refractivity contribution >= 4 is 0 Å². The molecule has 1 N–H and O–H groups in total. The van der Waals surface area contributed by atoms with Crippen LogP contribution in [0, 0.1) is 0 Å². The van der Waals surface area contributed by atoms with Crippen molar-refractivity contribution in [3.05, 3.63) is 46.3 Å². The summed E-state index contributed by atoms with van der Waals surface area (Å²) in [6.45, 7) is 2.48. The molecule has 92 valence electrons. The summed E-state index contributed by atoms with van der Waals surface area (Å²) in [4.78, 5) is 2.70. The van der Waals surface area contributed by atoms with Gasteiger partial charge in [0.2, 0.25) is 0 Å². The first-order valence-electron chi connectivity index (χ1n) is 5.61. The predicted octanol–water partition coefficient (Wildman–Crippen LogP) is 2.65. The highest BCUT2D eigenvalue weighted by Gasteiger charge is 2.15. The van der Waals surface area contributed by atoms with Gasteiger partial charge in [-0.2, -0.15) is 0 Å². The minimum Gasteiger partial charge on any atom is -0.390 e. The lowest BCUT2D eigenvalue weighted by Crippen LogP contribution is -2.28. The van der Waals surface area contributed by atoms with Crippen LogP contribution < -0.4 is 0 Å². The number of aliphatic hydroxyl groups excluding tert-OH is 1. The van der Waals surface area contributed by atoms with Crippen molar-refractivity contribution in [1.82, 2.24) is 0 Å². The van der Waals surface area contributed by atoms with Crippen LogP contribution in [0.15, 0.2) is 35.4 Å². The summed E-state index contributed by atoms with van der Waals surface area (Å²) in [6.07, 6.45) is -0.153. The standard InChI is InChI=1S/C12H17N3O2/c1-2-11(14-15-13)12(16)9-17-8-10-6-4-3-5-7-10/h3-7,11-12,16H,2,8-9H2,1H3/t11-,12-/m1/s1. The average Bonchev–Trinajstić information content (AvgIpc) is 2.37. The van der Waals surface area contributed by atoms with E-state index in [2.05, 4.69) is 10.0 Å². The zero-order chi connectivity index (χ0) is 12.5. The molecule has 0 bridgehead atoms. The zero-order valence-corrected chi connectivity index (χ0v) is 9.86. The SMILES string of the molecule is CC[C@@H](N=[N+]=[N-])[C@H](O)COCc1ccccc1. The molecule has 0 aliphatic carbocycles. The Morgan fingerprint density at radius 3 is 2.71 bits per heavy atom. The molecular weight excluding hydrogens is 218 g/mol. The highest BCUT2D eigenvalue weighted by atomic mass is 16.5. The molecule has 0 radical (unpaired) electrons. The molecule has 0 heterocycles. The number of benzene rings is 1. The van der Waals surface area contributed by atoms with Crippen molar-refractivity contribution in [3.63, 3.8) is 0 Å². The summed E-state index contributed by atoms with van der Waals surface area (Å²) >= 11 is 0. The van der Waals surface area contributed by atoms with Gasteiger partial charge >= 0.3 is 0 Å². The van der Waals surface area contributed by atoms with Crippen molar-refractivity contribution in [1.29, 1.82) is 0 Å². The molecule has 1 rings (SSSR count). The van der Waals surface area contributed by atoms with Gasteiger partial charge in [0, 0.05) is 4.91 Å². The topological polar surface area (TPSA) is 78.2 Å².